The van der Waals surface area contributed by atoms with Crippen molar-refractivity contribution >= 4 is 38.9 Å². The lowest BCUT2D eigenvalue weighted by atomic mass is 10.1. The molecule has 4 nitrogen and oxygen atoms in total. The fraction of sp³-hybridized carbons (Fsp3) is 0.286. The van der Waals surface area contributed by atoms with Gasteiger partial charge in [-0.15, -0.1) is 11.3 Å². The molecule has 20 heavy (non-hydrogen) atoms. The van der Waals surface area contributed by atoms with Gasteiger partial charge in [-0.2, -0.15) is 0 Å². The van der Waals surface area contributed by atoms with Gasteiger partial charge in [0, 0.05) is 11.4 Å². The van der Waals surface area contributed by atoms with E-state index < -0.39 is 0 Å². The number of amides is 1. The largest absolute Gasteiger partial charge is 0.397 e. The van der Waals surface area contributed by atoms with Crippen LogP contribution in [0.15, 0.2) is 28.2 Å². The number of aryl methyl sites for hydroxylation is 1. The van der Waals surface area contributed by atoms with E-state index in [0.717, 1.165) is 8.66 Å². The van der Waals surface area contributed by atoms with Gasteiger partial charge in [-0.25, -0.2) is 0 Å². The van der Waals surface area contributed by atoms with Gasteiger partial charge >= 0.3 is 0 Å². The molecule has 1 amide bonds. The second-order valence-electron chi connectivity index (χ2n) is 4.43. The maximum Gasteiger partial charge on any atom is 0.256 e. The van der Waals surface area contributed by atoms with Crippen LogP contribution in [-0.4, -0.2) is 22.3 Å². The predicted molar refractivity (Wildman–Crippen MR) is 85.8 cm³/mol. The van der Waals surface area contributed by atoms with Crippen molar-refractivity contribution in [1.82, 2.24) is 9.88 Å². The minimum Gasteiger partial charge on any atom is -0.397 e. The van der Waals surface area contributed by atoms with Gasteiger partial charge in [-0.3, -0.25) is 9.78 Å². The molecule has 2 heterocycles. The maximum absolute atomic E-state index is 12.6. The van der Waals surface area contributed by atoms with Crippen molar-refractivity contribution in [1.29, 1.82) is 0 Å². The second kappa shape index (κ2) is 6.37. The fourth-order valence-electron chi connectivity index (χ4n) is 1.89. The van der Waals surface area contributed by atoms with Crippen molar-refractivity contribution in [2.24, 2.45) is 0 Å². The molecular formula is C14H16BrN3OS. The highest BCUT2D eigenvalue weighted by Crippen LogP contribution is 2.24. The fourth-order valence-corrected chi connectivity index (χ4v) is 3.39. The third kappa shape index (κ3) is 3.37. The average Bonchev–Trinajstić information content (AvgIpc) is 2.83. The van der Waals surface area contributed by atoms with Crippen LogP contribution in [0, 0.1) is 6.92 Å². The zero-order valence-corrected chi connectivity index (χ0v) is 13.8. The first kappa shape index (κ1) is 15.0. The summed E-state index contributed by atoms with van der Waals surface area (Å²) in [7, 11) is 0. The Hall–Kier alpha value is -1.40. The smallest absolute Gasteiger partial charge is 0.256 e. The van der Waals surface area contributed by atoms with Crippen LogP contribution < -0.4 is 5.73 Å². The normalized spacial score (nSPS) is 10.6. The maximum atomic E-state index is 12.6. The lowest BCUT2D eigenvalue weighted by Crippen LogP contribution is -2.30. The summed E-state index contributed by atoms with van der Waals surface area (Å²) in [6, 6.07) is 5.71. The van der Waals surface area contributed by atoms with Gasteiger partial charge in [0.2, 0.25) is 0 Å². The molecule has 2 rings (SSSR count). The number of nitrogens with two attached hydrogens (primary N) is 1. The number of aromatic nitrogens is 1. The van der Waals surface area contributed by atoms with Crippen LogP contribution in [0.5, 0.6) is 0 Å². The number of thiophene rings is 1. The lowest BCUT2D eigenvalue weighted by molar-refractivity contribution is 0.0753. The Labute approximate surface area is 130 Å². The molecular weight excluding hydrogens is 338 g/mol. The number of hydrogen-bond acceptors (Lipinski definition) is 4. The molecule has 0 unspecified atom stereocenters. The molecule has 0 aliphatic carbocycles. The monoisotopic (exact) mass is 353 g/mol. The number of carbonyl (C=O) groups is 1. The molecule has 2 aromatic heterocycles. The van der Waals surface area contributed by atoms with Gasteiger partial charge in [0.25, 0.3) is 5.91 Å². The molecule has 0 aliphatic heterocycles. The molecule has 0 bridgehead atoms. The van der Waals surface area contributed by atoms with E-state index in [1.165, 1.54) is 0 Å². The summed E-state index contributed by atoms with van der Waals surface area (Å²) < 4.78 is 1.07. The molecule has 2 aromatic rings. The van der Waals surface area contributed by atoms with E-state index in [1.54, 1.807) is 28.5 Å². The molecule has 6 heteroatoms. The van der Waals surface area contributed by atoms with Gasteiger partial charge in [-0.05, 0) is 48.0 Å². The van der Waals surface area contributed by atoms with Crippen molar-refractivity contribution in [3.8, 4) is 0 Å². The Kier molecular flexibility index (Phi) is 4.77. The van der Waals surface area contributed by atoms with Crippen molar-refractivity contribution in [2.75, 3.05) is 12.3 Å². The first-order chi connectivity index (χ1) is 9.51. The summed E-state index contributed by atoms with van der Waals surface area (Å²) in [5.74, 6) is -0.0330. The van der Waals surface area contributed by atoms with E-state index in [0.29, 0.717) is 30.0 Å². The standard InChI is InChI=1S/C14H16BrN3OS/c1-3-18(8-11-4-5-13(15)20-11)14(19)12-6-10(16)7-17-9(12)2/h4-7H,3,8,16H2,1-2H3. The van der Waals surface area contributed by atoms with Crippen molar-refractivity contribution < 1.29 is 4.79 Å². The van der Waals surface area contributed by atoms with E-state index in [9.17, 15) is 4.79 Å². The van der Waals surface area contributed by atoms with Crippen LogP contribution in [0.25, 0.3) is 0 Å². The van der Waals surface area contributed by atoms with Crippen LogP contribution in [0.1, 0.15) is 27.9 Å². The highest BCUT2D eigenvalue weighted by atomic mass is 79.9. The van der Waals surface area contributed by atoms with Crippen LogP contribution in [-0.2, 0) is 6.54 Å². The Morgan fingerprint density at radius 1 is 1.50 bits per heavy atom. The van der Waals surface area contributed by atoms with Crippen molar-refractivity contribution in [2.45, 2.75) is 20.4 Å². The molecule has 0 atom stereocenters. The van der Waals surface area contributed by atoms with Crippen molar-refractivity contribution in [3.63, 3.8) is 0 Å². The quantitative estimate of drug-likeness (QED) is 0.915. The molecule has 0 spiro atoms. The molecule has 0 fully saturated rings. The van der Waals surface area contributed by atoms with Gasteiger partial charge in [0.1, 0.15) is 0 Å². The zero-order chi connectivity index (χ0) is 14.7. The average molecular weight is 354 g/mol. The summed E-state index contributed by atoms with van der Waals surface area (Å²) in [4.78, 5) is 19.7. The molecule has 0 aliphatic rings. The zero-order valence-electron chi connectivity index (χ0n) is 11.4. The topological polar surface area (TPSA) is 59.2 Å². The number of nitrogen functional groups attached to an aromatic ring is 1. The van der Waals surface area contributed by atoms with E-state index in [1.807, 2.05) is 26.0 Å². The molecule has 0 radical (unpaired) electrons. The Morgan fingerprint density at radius 2 is 2.25 bits per heavy atom. The highest BCUT2D eigenvalue weighted by Gasteiger charge is 2.18. The number of nitrogens with zero attached hydrogens (tertiary/aromatic N) is 2. The van der Waals surface area contributed by atoms with Crippen LogP contribution in [0.3, 0.4) is 0 Å². The molecule has 0 saturated carbocycles. The predicted octanol–water partition coefficient (Wildman–Crippen LogP) is 3.46. The minimum absolute atomic E-state index is 0.0330. The van der Waals surface area contributed by atoms with E-state index in [4.69, 9.17) is 5.73 Å². The second-order valence-corrected chi connectivity index (χ2v) is 6.97. The molecule has 0 aromatic carbocycles. The third-order valence-electron chi connectivity index (χ3n) is 2.98. The first-order valence-corrected chi connectivity index (χ1v) is 7.87. The Bertz CT molecular complexity index is 627. The molecule has 2 N–H and O–H groups in total. The SMILES string of the molecule is CCN(Cc1ccc(Br)s1)C(=O)c1cc(N)cnc1C. The number of pyridine rings is 1. The summed E-state index contributed by atoms with van der Waals surface area (Å²) in [6.45, 7) is 5.03. The highest BCUT2D eigenvalue weighted by molar-refractivity contribution is 9.11. The summed E-state index contributed by atoms with van der Waals surface area (Å²) in [5.41, 5.74) is 7.51. The number of halogens is 1. The number of anilines is 1. The summed E-state index contributed by atoms with van der Waals surface area (Å²) >= 11 is 5.07. The Balaban J connectivity index is 2.22. The van der Waals surface area contributed by atoms with E-state index in [2.05, 4.69) is 20.9 Å². The van der Waals surface area contributed by atoms with Gasteiger partial charge in [0.15, 0.2) is 0 Å². The Morgan fingerprint density at radius 3 is 2.85 bits per heavy atom. The van der Waals surface area contributed by atoms with Gasteiger partial charge in [0.05, 0.1) is 33.5 Å². The van der Waals surface area contributed by atoms with Crippen molar-refractivity contribution in [3.05, 3.63) is 44.3 Å². The van der Waals surface area contributed by atoms with Crippen LogP contribution >= 0.6 is 27.3 Å². The van der Waals surface area contributed by atoms with Gasteiger partial charge < -0.3 is 10.6 Å². The van der Waals surface area contributed by atoms with E-state index >= 15 is 0 Å². The lowest BCUT2D eigenvalue weighted by Gasteiger charge is -2.21. The molecule has 106 valence electrons. The van der Waals surface area contributed by atoms with Crippen LogP contribution in [0.2, 0.25) is 0 Å². The number of carbonyl (C=O) groups excluding carboxylic acids is 1. The summed E-state index contributed by atoms with van der Waals surface area (Å²) in [5, 5.41) is 0. The van der Waals surface area contributed by atoms with E-state index in [-0.39, 0.29) is 5.91 Å². The van der Waals surface area contributed by atoms with Gasteiger partial charge in [-0.1, -0.05) is 0 Å². The number of hydrogen-bond donors (Lipinski definition) is 1. The first-order valence-electron chi connectivity index (χ1n) is 6.27. The molecule has 0 saturated heterocycles. The number of rotatable bonds is 4. The minimum atomic E-state index is -0.0330. The third-order valence-corrected chi connectivity index (χ3v) is 4.59. The summed E-state index contributed by atoms with van der Waals surface area (Å²) in [6.07, 6.45) is 1.57. The van der Waals surface area contributed by atoms with Crippen LogP contribution in [0.4, 0.5) is 5.69 Å².